The van der Waals surface area contributed by atoms with E-state index < -0.39 is 0 Å². The first-order valence-electron chi connectivity index (χ1n) is 7.99. The molecule has 4 heteroatoms. The Bertz CT molecular complexity index is 579. The Balaban J connectivity index is 1.69. The van der Waals surface area contributed by atoms with Gasteiger partial charge in [0, 0.05) is 13.0 Å². The third-order valence-corrected chi connectivity index (χ3v) is 4.09. The van der Waals surface area contributed by atoms with Crippen LogP contribution >= 0.6 is 0 Å². The van der Waals surface area contributed by atoms with E-state index in [2.05, 4.69) is 46.7 Å². The van der Waals surface area contributed by atoms with E-state index in [-0.39, 0.29) is 5.92 Å². The second-order valence-corrected chi connectivity index (χ2v) is 5.68. The fraction of sp³-hybridized carbons (Fsp3) is 0.529. The lowest BCUT2D eigenvalue weighted by atomic mass is 9.83. The maximum Gasteiger partial charge on any atom is 0.224 e. The average Bonchev–Trinajstić information content (AvgIpc) is 3.00. The summed E-state index contributed by atoms with van der Waals surface area (Å²) in [7, 11) is 0. The van der Waals surface area contributed by atoms with Crippen molar-refractivity contribution in [3.05, 3.63) is 47.2 Å². The summed E-state index contributed by atoms with van der Waals surface area (Å²) in [6, 6.07) is 8.63. The fourth-order valence-corrected chi connectivity index (χ4v) is 3.02. The van der Waals surface area contributed by atoms with Gasteiger partial charge in [-0.05, 0) is 43.4 Å². The zero-order chi connectivity index (χ0) is 14.5. The van der Waals surface area contributed by atoms with Crippen LogP contribution in [0.3, 0.4) is 0 Å². The van der Waals surface area contributed by atoms with Gasteiger partial charge < -0.3 is 9.73 Å². The van der Waals surface area contributed by atoms with Crippen molar-refractivity contribution in [1.82, 2.24) is 15.5 Å². The molecule has 0 amide bonds. The predicted octanol–water partition coefficient (Wildman–Crippen LogP) is 3.08. The first-order chi connectivity index (χ1) is 10.4. The van der Waals surface area contributed by atoms with Crippen LogP contribution in [0.2, 0.25) is 0 Å². The molecular formula is C17H23N3O. The van der Waals surface area contributed by atoms with Gasteiger partial charge in [0.15, 0.2) is 0 Å². The van der Waals surface area contributed by atoms with Gasteiger partial charge in [0.1, 0.15) is 0 Å². The topological polar surface area (TPSA) is 51.0 Å². The van der Waals surface area contributed by atoms with Gasteiger partial charge in [0.25, 0.3) is 0 Å². The summed E-state index contributed by atoms with van der Waals surface area (Å²) in [5.74, 6) is 1.81. The van der Waals surface area contributed by atoms with Crippen molar-refractivity contribution in [2.45, 2.75) is 44.9 Å². The highest BCUT2D eigenvalue weighted by Gasteiger charge is 2.25. The highest BCUT2D eigenvalue weighted by atomic mass is 16.4. The zero-order valence-corrected chi connectivity index (χ0v) is 12.6. The van der Waals surface area contributed by atoms with Gasteiger partial charge in [-0.3, -0.25) is 0 Å². The van der Waals surface area contributed by atoms with Gasteiger partial charge in [0.05, 0.1) is 5.92 Å². The smallest absolute Gasteiger partial charge is 0.224 e. The molecule has 1 aromatic carbocycles. The third-order valence-electron chi connectivity index (χ3n) is 4.09. The van der Waals surface area contributed by atoms with E-state index in [0.717, 1.165) is 50.6 Å². The second-order valence-electron chi connectivity index (χ2n) is 5.68. The molecular weight excluding hydrogens is 262 g/mol. The van der Waals surface area contributed by atoms with Gasteiger partial charge in [0.2, 0.25) is 11.8 Å². The number of aryl methyl sites for hydroxylation is 1. The molecule has 0 saturated carbocycles. The monoisotopic (exact) mass is 285 g/mol. The largest absolute Gasteiger partial charge is 0.425 e. The van der Waals surface area contributed by atoms with Crippen LogP contribution in [0.4, 0.5) is 0 Å². The Morgan fingerprint density at radius 2 is 2.14 bits per heavy atom. The summed E-state index contributed by atoms with van der Waals surface area (Å²) in [6.07, 6.45) is 5.41. The molecule has 4 nitrogen and oxygen atoms in total. The molecule has 1 aromatic heterocycles. The van der Waals surface area contributed by atoms with E-state index in [0.29, 0.717) is 0 Å². The van der Waals surface area contributed by atoms with E-state index in [1.165, 1.54) is 17.5 Å². The maximum absolute atomic E-state index is 5.90. The van der Waals surface area contributed by atoms with Crippen molar-refractivity contribution >= 4 is 0 Å². The second kappa shape index (κ2) is 6.85. The van der Waals surface area contributed by atoms with Gasteiger partial charge in [-0.25, -0.2) is 0 Å². The van der Waals surface area contributed by atoms with Gasteiger partial charge >= 0.3 is 0 Å². The molecule has 1 aliphatic carbocycles. The first-order valence-corrected chi connectivity index (χ1v) is 7.99. The van der Waals surface area contributed by atoms with Gasteiger partial charge in [-0.1, -0.05) is 31.2 Å². The standard InChI is InChI=1S/C17H23N3O/c1-2-11-18-12-10-16-19-20-17(21-16)15-9-5-7-13-6-3-4-8-14(13)15/h3-4,6,8,15,18H,2,5,7,9-12H2,1H3. The molecule has 0 radical (unpaired) electrons. The third kappa shape index (κ3) is 3.32. The van der Waals surface area contributed by atoms with E-state index in [1.54, 1.807) is 0 Å². The number of nitrogens with one attached hydrogen (secondary N) is 1. The van der Waals surface area contributed by atoms with Crippen LogP contribution in [0.25, 0.3) is 0 Å². The molecule has 1 unspecified atom stereocenters. The molecule has 112 valence electrons. The Morgan fingerprint density at radius 1 is 1.24 bits per heavy atom. The summed E-state index contributed by atoms with van der Waals surface area (Å²) < 4.78 is 5.90. The van der Waals surface area contributed by atoms with Crippen LogP contribution < -0.4 is 5.32 Å². The number of rotatable bonds is 6. The minimum atomic E-state index is 0.278. The lowest BCUT2D eigenvalue weighted by Gasteiger charge is -2.22. The normalized spacial score (nSPS) is 17.7. The Hall–Kier alpha value is -1.68. The van der Waals surface area contributed by atoms with E-state index in [4.69, 9.17) is 4.42 Å². The maximum atomic E-state index is 5.90. The number of aromatic nitrogens is 2. The number of hydrogen-bond acceptors (Lipinski definition) is 4. The lowest BCUT2D eigenvalue weighted by Crippen LogP contribution is -2.17. The van der Waals surface area contributed by atoms with Crippen molar-refractivity contribution < 1.29 is 4.42 Å². The van der Waals surface area contributed by atoms with Crippen LogP contribution in [-0.2, 0) is 12.8 Å². The summed E-state index contributed by atoms with van der Waals surface area (Å²) in [5, 5.41) is 11.9. The molecule has 2 aromatic rings. The van der Waals surface area contributed by atoms with Crippen molar-refractivity contribution in [2.24, 2.45) is 0 Å². The highest BCUT2D eigenvalue weighted by Crippen LogP contribution is 2.35. The summed E-state index contributed by atoms with van der Waals surface area (Å²) >= 11 is 0. The highest BCUT2D eigenvalue weighted by molar-refractivity contribution is 5.35. The average molecular weight is 285 g/mol. The summed E-state index contributed by atoms with van der Waals surface area (Å²) in [5.41, 5.74) is 2.79. The van der Waals surface area contributed by atoms with Crippen molar-refractivity contribution in [3.63, 3.8) is 0 Å². The van der Waals surface area contributed by atoms with E-state index in [1.807, 2.05) is 0 Å². The lowest BCUT2D eigenvalue weighted by molar-refractivity contribution is 0.410. The first kappa shape index (κ1) is 14.3. The van der Waals surface area contributed by atoms with Gasteiger partial charge in [-0.15, -0.1) is 10.2 Å². The minimum absolute atomic E-state index is 0.278. The van der Waals surface area contributed by atoms with E-state index >= 15 is 0 Å². The van der Waals surface area contributed by atoms with Crippen LogP contribution in [0.15, 0.2) is 28.7 Å². The fourth-order valence-electron chi connectivity index (χ4n) is 3.02. The predicted molar refractivity (Wildman–Crippen MR) is 82.4 cm³/mol. The van der Waals surface area contributed by atoms with Crippen LogP contribution in [0, 0.1) is 0 Å². The molecule has 0 spiro atoms. The molecule has 1 N–H and O–H groups in total. The molecule has 0 saturated heterocycles. The Labute approximate surface area is 126 Å². The Kier molecular flexibility index (Phi) is 4.65. The minimum Gasteiger partial charge on any atom is -0.425 e. The molecule has 1 heterocycles. The molecule has 1 aliphatic rings. The molecule has 1 atom stereocenters. The van der Waals surface area contributed by atoms with Crippen molar-refractivity contribution in [3.8, 4) is 0 Å². The quantitative estimate of drug-likeness (QED) is 0.829. The number of hydrogen-bond donors (Lipinski definition) is 1. The van der Waals surface area contributed by atoms with E-state index in [9.17, 15) is 0 Å². The van der Waals surface area contributed by atoms with Gasteiger partial charge in [-0.2, -0.15) is 0 Å². The molecule has 0 bridgehead atoms. The summed E-state index contributed by atoms with van der Waals surface area (Å²) in [6.45, 7) is 4.10. The van der Waals surface area contributed by atoms with Crippen LogP contribution in [-0.4, -0.2) is 23.3 Å². The number of fused-ring (bicyclic) bond motifs is 1. The Morgan fingerprint density at radius 3 is 3.05 bits per heavy atom. The van der Waals surface area contributed by atoms with Crippen LogP contribution in [0.1, 0.15) is 55.0 Å². The SMILES string of the molecule is CCCNCCc1nnc(C2CCCc3ccccc32)o1. The summed E-state index contributed by atoms with van der Waals surface area (Å²) in [4.78, 5) is 0. The number of nitrogens with zero attached hydrogens (tertiary/aromatic N) is 2. The zero-order valence-electron chi connectivity index (χ0n) is 12.6. The van der Waals surface area contributed by atoms with Crippen molar-refractivity contribution in [1.29, 1.82) is 0 Å². The molecule has 3 rings (SSSR count). The van der Waals surface area contributed by atoms with Crippen LogP contribution in [0.5, 0.6) is 0 Å². The van der Waals surface area contributed by atoms with Crippen molar-refractivity contribution in [2.75, 3.05) is 13.1 Å². The molecule has 21 heavy (non-hydrogen) atoms. The number of benzene rings is 1. The molecule has 0 fully saturated rings. The molecule has 0 aliphatic heterocycles.